The highest BCUT2D eigenvalue weighted by Crippen LogP contribution is 2.67. The third-order valence-electron chi connectivity index (χ3n) is 10.5. The van der Waals surface area contributed by atoms with E-state index in [2.05, 4.69) is 19.9 Å². The number of esters is 1. The summed E-state index contributed by atoms with van der Waals surface area (Å²) >= 11 is 0. The Morgan fingerprint density at radius 3 is 2.44 bits per heavy atom. The number of hydrogen-bond acceptors (Lipinski definition) is 4. The molecule has 0 aromatic heterocycles. The fourth-order valence-electron chi connectivity index (χ4n) is 8.72. The molecule has 5 rings (SSSR count). The Bertz CT molecular complexity index is 1010. The van der Waals surface area contributed by atoms with Gasteiger partial charge in [-0.05, 0) is 98.0 Å². The number of nitrogens with zero attached hydrogens (tertiary/aromatic N) is 1. The quantitative estimate of drug-likeness (QED) is 0.417. The molecular formula is C29H36F3NO3. The van der Waals surface area contributed by atoms with E-state index in [-0.39, 0.29) is 22.7 Å². The van der Waals surface area contributed by atoms with Crippen molar-refractivity contribution in [2.24, 2.45) is 40.4 Å². The van der Waals surface area contributed by atoms with E-state index in [0.29, 0.717) is 36.2 Å². The molecule has 196 valence electrons. The van der Waals surface area contributed by atoms with Crippen LogP contribution in [0.4, 0.5) is 13.2 Å². The second-order valence-corrected chi connectivity index (χ2v) is 12.2. The summed E-state index contributed by atoms with van der Waals surface area (Å²) in [5.74, 6) is 1.26. The van der Waals surface area contributed by atoms with Gasteiger partial charge in [0.1, 0.15) is 12.7 Å². The number of benzene rings is 1. The van der Waals surface area contributed by atoms with Gasteiger partial charge in [-0.2, -0.15) is 18.4 Å². The highest BCUT2D eigenvalue weighted by Gasteiger charge is 2.62. The SMILES string of the molecule is C[C@]12C[C@H](OCC(F)(F)F)[C@@H](OC(=O)c3ccccc3)C[C@@H]1CC[C@@H]1[C@@H]2CC[C@]2(C)C(C#N)CC[C@@H]12. The van der Waals surface area contributed by atoms with Crippen molar-refractivity contribution in [3.05, 3.63) is 35.9 Å². The molecule has 4 nitrogen and oxygen atoms in total. The van der Waals surface area contributed by atoms with E-state index in [1.807, 2.05) is 0 Å². The van der Waals surface area contributed by atoms with Gasteiger partial charge in [-0.25, -0.2) is 4.79 Å². The lowest BCUT2D eigenvalue weighted by Crippen LogP contribution is -2.57. The topological polar surface area (TPSA) is 59.3 Å². The maximum atomic E-state index is 13.2. The molecule has 1 unspecified atom stereocenters. The molecule has 36 heavy (non-hydrogen) atoms. The van der Waals surface area contributed by atoms with Gasteiger partial charge >= 0.3 is 12.1 Å². The molecule has 4 aliphatic rings. The molecule has 7 heteroatoms. The van der Waals surface area contributed by atoms with Gasteiger partial charge in [-0.3, -0.25) is 0 Å². The largest absolute Gasteiger partial charge is 0.456 e. The zero-order valence-electron chi connectivity index (χ0n) is 21.1. The number of ether oxygens (including phenoxy) is 2. The molecule has 0 bridgehead atoms. The Kier molecular flexibility index (Phi) is 6.64. The van der Waals surface area contributed by atoms with E-state index >= 15 is 0 Å². The molecule has 0 heterocycles. The van der Waals surface area contributed by atoms with Crippen molar-refractivity contribution in [2.75, 3.05) is 6.61 Å². The van der Waals surface area contributed by atoms with Crippen molar-refractivity contribution in [2.45, 2.75) is 83.6 Å². The van der Waals surface area contributed by atoms with Crippen molar-refractivity contribution in [1.82, 2.24) is 0 Å². The second kappa shape index (κ2) is 9.35. The smallest absolute Gasteiger partial charge is 0.411 e. The van der Waals surface area contributed by atoms with Crippen molar-refractivity contribution in [3.63, 3.8) is 0 Å². The minimum absolute atomic E-state index is 0.0493. The second-order valence-electron chi connectivity index (χ2n) is 12.2. The van der Waals surface area contributed by atoms with Gasteiger partial charge in [0.25, 0.3) is 0 Å². The van der Waals surface area contributed by atoms with Gasteiger partial charge in [0.2, 0.25) is 0 Å². The summed E-state index contributed by atoms with van der Waals surface area (Å²) in [6.45, 7) is 3.20. The van der Waals surface area contributed by atoms with E-state index in [4.69, 9.17) is 9.47 Å². The first-order chi connectivity index (χ1) is 17.0. The van der Waals surface area contributed by atoms with E-state index in [1.54, 1.807) is 30.3 Å². The van der Waals surface area contributed by atoms with Gasteiger partial charge in [-0.15, -0.1) is 0 Å². The maximum absolute atomic E-state index is 13.2. The molecule has 0 spiro atoms. The number of alkyl halides is 3. The Labute approximate surface area is 211 Å². The van der Waals surface area contributed by atoms with Crippen LogP contribution in [0.1, 0.15) is 75.6 Å². The Morgan fingerprint density at radius 1 is 1.03 bits per heavy atom. The predicted octanol–water partition coefficient (Wildman–Crippen LogP) is 6.95. The number of halogens is 3. The maximum Gasteiger partial charge on any atom is 0.411 e. The van der Waals surface area contributed by atoms with Crippen molar-refractivity contribution in [1.29, 1.82) is 5.26 Å². The summed E-state index contributed by atoms with van der Waals surface area (Å²) in [6, 6.07) is 11.2. The normalized spacial score (nSPS) is 41.9. The lowest BCUT2D eigenvalue weighted by atomic mass is 9.44. The number of fused-ring (bicyclic) bond motifs is 5. The number of nitriles is 1. The lowest BCUT2D eigenvalue weighted by molar-refractivity contribution is -0.220. The molecular weight excluding hydrogens is 467 g/mol. The average Bonchev–Trinajstić information content (AvgIpc) is 3.19. The van der Waals surface area contributed by atoms with E-state index < -0.39 is 31.0 Å². The summed E-state index contributed by atoms with van der Waals surface area (Å²) in [5.41, 5.74) is 0.276. The lowest BCUT2D eigenvalue weighted by Gasteiger charge is -2.61. The first-order valence-corrected chi connectivity index (χ1v) is 13.4. The molecule has 0 saturated heterocycles. The van der Waals surface area contributed by atoms with Crippen LogP contribution < -0.4 is 0 Å². The van der Waals surface area contributed by atoms with Crippen LogP contribution in [0.2, 0.25) is 0 Å². The van der Waals surface area contributed by atoms with Crippen LogP contribution >= 0.6 is 0 Å². The van der Waals surface area contributed by atoms with Crippen LogP contribution in [-0.4, -0.2) is 31.0 Å². The summed E-state index contributed by atoms with van der Waals surface area (Å²) in [7, 11) is 0. The predicted molar refractivity (Wildman–Crippen MR) is 128 cm³/mol. The summed E-state index contributed by atoms with van der Waals surface area (Å²) in [6.07, 6.45) is 1.16. The highest BCUT2D eigenvalue weighted by molar-refractivity contribution is 5.89. The molecule has 1 aromatic rings. The summed E-state index contributed by atoms with van der Waals surface area (Å²) in [4.78, 5) is 12.8. The van der Waals surface area contributed by atoms with Crippen LogP contribution in [0.15, 0.2) is 30.3 Å². The Balaban J connectivity index is 1.38. The minimum Gasteiger partial charge on any atom is -0.456 e. The van der Waals surface area contributed by atoms with Gasteiger partial charge in [-0.1, -0.05) is 32.0 Å². The van der Waals surface area contributed by atoms with E-state index in [0.717, 1.165) is 38.5 Å². The molecule has 0 N–H and O–H groups in total. The van der Waals surface area contributed by atoms with Gasteiger partial charge in [0, 0.05) is 0 Å². The molecule has 0 aliphatic heterocycles. The van der Waals surface area contributed by atoms with Crippen molar-refractivity contribution < 1.29 is 27.4 Å². The van der Waals surface area contributed by atoms with Crippen LogP contribution in [0.3, 0.4) is 0 Å². The molecule has 4 aliphatic carbocycles. The molecule has 4 saturated carbocycles. The fraction of sp³-hybridized carbons (Fsp3) is 0.724. The summed E-state index contributed by atoms with van der Waals surface area (Å²) in [5, 5.41) is 9.75. The third-order valence-corrected chi connectivity index (χ3v) is 10.5. The van der Waals surface area contributed by atoms with Gasteiger partial charge in [0.05, 0.1) is 23.7 Å². The standard InChI is InChI=1S/C29H36F3NO3/c1-27-13-12-23-21(22(27)11-9-20(27)16-33)10-8-19-14-24(36-26(34)18-6-4-3-5-7-18)25(15-28(19,23)2)35-17-29(30,31)32/h3-7,19-25H,8-15,17H2,1-2H3/t19-,20?,21-,22-,23-,24-,25-,27+,28-/m0/s1. The van der Waals surface area contributed by atoms with Crippen LogP contribution in [-0.2, 0) is 9.47 Å². The third kappa shape index (κ3) is 4.44. The minimum atomic E-state index is -4.44. The fourth-order valence-corrected chi connectivity index (χ4v) is 8.72. The Morgan fingerprint density at radius 2 is 1.75 bits per heavy atom. The number of carbonyl (C=O) groups is 1. The zero-order chi connectivity index (χ0) is 25.7. The van der Waals surface area contributed by atoms with Gasteiger partial charge in [0.15, 0.2) is 0 Å². The number of hydrogen-bond donors (Lipinski definition) is 0. The highest BCUT2D eigenvalue weighted by atomic mass is 19.4. The summed E-state index contributed by atoms with van der Waals surface area (Å²) < 4.78 is 50.8. The molecule has 9 atom stereocenters. The molecule has 4 fully saturated rings. The number of carbonyl (C=O) groups excluding carboxylic acids is 1. The number of rotatable bonds is 4. The van der Waals surface area contributed by atoms with Crippen molar-refractivity contribution >= 4 is 5.97 Å². The zero-order valence-corrected chi connectivity index (χ0v) is 21.1. The monoisotopic (exact) mass is 503 g/mol. The van der Waals surface area contributed by atoms with E-state index in [1.165, 1.54) is 0 Å². The van der Waals surface area contributed by atoms with Crippen LogP contribution in [0.25, 0.3) is 0 Å². The van der Waals surface area contributed by atoms with E-state index in [9.17, 15) is 23.2 Å². The first kappa shape index (κ1) is 25.6. The van der Waals surface area contributed by atoms with Crippen LogP contribution in [0, 0.1) is 51.8 Å². The Hall–Kier alpha value is -2.07. The molecule has 1 aromatic carbocycles. The van der Waals surface area contributed by atoms with Crippen LogP contribution in [0.5, 0.6) is 0 Å². The average molecular weight is 504 g/mol. The molecule has 0 amide bonds. The first-order valence-electron chi connectivity index (χ1n) is 13.4. The molecule has 0 radical (unpaired) electrons. The van der Waals surface area contributed by atoms with Crippen molar-refractivity contribution in [3.8, 4) is 6.07 Å². The van der Waals surface area contributed by atoms with Gasteiger partial charge < -0.3 is 9.47 Å².